The Balaban J connectivity index is 1.77. The Kier molecular flexibility index (Phi) is 7.14. The molecule has 1 N–H and O–H groups in total. The maximum atomic E-state index is 12.7. The summed E-state index contributed by atoms with van der Waals surface area (Å²) >= 11 is 1.24. The Morgan fingerprint density at radius 2 is 1.77 bits per heavy atom. The van der Waals surface area contributed by atoms with E-state index in [9.17, 15) is 13.2 Å². The normalized spacial score (nSPS) is 11.6. The Morgan fingerprint density at radius 1 is 1.06 bits per heavy atom. The van der Waals surface area contributed by atoms with Gasteiger partial charge in [0.2, 0.25) is 15.9 Å². The molecule has 0 bridgehead atoms. The fourth-order valence-electron chi connectivity index (χ4n) is 3.17. The predicted octanol–water partition coefficient (Wildman–Crippen LogP) is 3.53. The molecule has 1 heterocycles. The van der Waals surface area contributed by atoms with Crippen LogP contribution in [0.2, 0.25) is 0 Å². The van der Waals surface area contributed by atoms with E-state index in [4.69, 9.17) is 9.47 Å². The summed E-state index contributed by atoms with van der Waals surface area (Å²) in [5.41, 5.74) is 1.40. The molecule has 0 radical (unpaired) electrons. The van der Waals surface area contributed by atoms with Crippen LogP contribution >= 0.6 is 11.3 Å². The zero-order chi connectivity index (χ0) is 22.6. The van der Waals surface area contributed by atoms with Crippen LogP contribution in [-0.4, -0.2) is 50.9 Å². The second kappa shape index (κ2) is 9.63. The van der Waals surface area contributed by atoms with Crippen LogP contribution in [0.15, 0.2) is 41.3 Å². The largest absolute Gasteiger partial charge is 0.493 e. The van der Waals surface area contributed by atoms with Gasteiger partial charge in [0, 0.05) is 13.1 Å². The number of ether oxygens (including phenoxy) is 2. The van der Waals surface area contributed by atoms with Gasteiger partial charge in [0.15, 0.2) is 16.6 Å². The van der Waals surface area contributed by atoms with Gasteiger partial charge in [-0.3, -0.25) is 4.79 Å². The molecule has 0 unspecified atom stereocenters. The molecule has 2 aromatic carbocycles. The molecule has 3 rings (SSSR count). The molecule has 10 heteroatoms. The first-order chi connectivity index (χ1) is 14.8. The number of nitrogens with zero attached hydrogens (tertiary/aromatic N) is 2. The highest BCUT2D eigenvalue weighted by atomic mass is 32.2. The van der Waals surface area contributed by atoms with Crippen molar-refractivity contribution < 1.29 is 22.7 Å². The van der Waals surface area contributed by atoms with Gasteiger partial charge >= 0.3 is 0 Å². The molecule has 0 saturated heterocycles. The number of amides is 1. The summed E-state index contributed by atoms with van der Waals surface area (Å²) < 4.78 is 38.1. The van der Waals surface area contributed by atoms with Crippen LogP contribution in [0.25, 0.3) is 10.2 Å². The summed E-state index contributed by atoms with van der Waals surface area (Å²) in [6.45, 7) is 4.41. The molecule has 0 aliphatic rings. The molecule has 8 nitrogen and oxygen atoms in total. The van der Waals surface area contributed by atoms with Crippen LogP contribution in [0.3, 0.4) is 0 Å². The zero-order valence-corrected chi connectivity index (χ0v) is 19.5. The van der Waals surface area contributed by atoms with Crippen molar-refractivity contribution in [3.05, 3.63) is 42.0 Å². The van der Waals surface area contributed by atoms with Crippen molar-refractivity contribution in [1.29, 1.82) is 0 Å². The molecule has 0 saturated carbocycles. The average Bonchev–Trinajstić information content (AvgIpc) is 3.15. The number of hydrogen-bond donors (Lipinski definition) is 1. The molecule has 1 amide bonds. The van der Waals surface area contributed by atoms with Crippen molar-refractivity contribution in [2.45, 2.75) is 25.2 Å². The Bertz CT molecular complexity index is 1190. The highest BCUT2D eigenvalue weighted by Crippen LogP contribution is 2.30. The number of hydrogen-bond acceptors (Lipinski definition) is 7. The van der Waals surface area contributed by atoms with E-state index >= 15 is 0 Å². The Morgan fingerprint density at radius 3 is 2.42 bits per heavy atom. The lowest BCUT2D eigenvalue weighted by Gasteiger charge is -2.18. The zero-order valence-electron chi connectivity index (χ0n) is 17.8. The highest BCUT2D eigenvalue weighted by Gasteiger charge is 2.22. The molecule has 0 fully saturated rings. The standard InChI is InChI=1S/C21H25N3O5S2/c1-5-24(6-2)31(26,27)15-8-9-16-19(13-15)30-21(22-16)23-20(25)12-14-7-10-17(28-3)18(11-14)29-4/h7-11,13H,5-6,12H2,1-4H3,(H,22,23,25). The third-order valence-electron chi connectivity index (χ3n) is 4.76. The van der Waals surface area contributed by atoms with E-state index < -0.39 is 10.0 Å². The smallest absolute Gasteiger partial charge is 0.243 e. The van der Waals surface area contributed by atoms with E-state index in [1.165, 1.54) is 22.8 Å². The van der Waals surface area contributed by atoms with Crippen molar-refractivity contribution in [2.75, 3.05) is 32.6 Å². The third kappa shape index (κ3) is 4.97. The lowest BCUT2D eigenvalue weighted by molar-refractivity contribution is -0.115. The summed E-state index contributed by atoms with van der Waals surface area (Å²) in [5.74, 6) is 0.908. The van der Waals surface area contributed by atoms with Gasteiger partial charge in [-0.1, -0.05) is 31.3 Å². The fraction of sp³-hybridized carbons (Fsp3) is 0.333. The minimum Gasteiger partial charge on any atom is -0.493 e. The summed E-state index contributed by atoms with van der Waals surface area (Å²) in [6.07, 6.45) is 0.137. The molecule has 1 aromatic heterocycles. The molecular formula is C21H25N3O5S2. The minimum absolute atomic E-state index is 0.137. The van der Waals surface area contributed by atoms with E-state index in [0.717, 1.165) is 5.56 Å². The van der Waals surface area contributed by atoms with Gasteiger partial charge in [-0.05, 0) is 35.9 Å². The number of benzene rings is 2. The number of rotatable bonds is 9. The van der Waals surface area contributed by atoms with Gasteiger partial charge in [0.1, 0.15) is 0 Å². The first-order valence-electron chi connectivity index (χ1n) is 9.73. The molecule has 3 aromatic rings. The van der Waals surface area contributed by atoms with Crippen LogP contribution in [0.1, 0.15) is 19.4 Å². The molecule has 31 heavy (non-hydrogen) atoms. The van der Waals surface area contributed by atoms with Crippen molar-refractivity contribution in [3.63, 3.8) is 0 Å². The quantitative estimate of drug-likeness (QED) is 0.521. The van der Waals surface area contributed by atoms with Crippen LogP contribution < -0.4 is 14.8 Å². The molecule has 0 spiro atoms. The van der Waals surface area contributed by atoms with Crippen LogP contribution in [0.4, 0.5) is 5.13 Å². The summed E-state index contributed by atoms with van der Waals surface area (Å²) in [7, 11) is -0.466. The van der Waals surface area contributed by atoms with Gasteiger partial charge in [0.25, 0.3) is 0 Å². The average molecular weight is 464 g/mol. The second-order valence-electron chi connectivity index (χ2n) is 6.65. The second-order valence-corrected chi connectivity index (χ2v) is 9.62. The van der Waals surface area contributed by atoms with Gasteiger partial charge in [-0.2, -0.15) is 4.31 Å². The molecule has 0 atom stereocenters. The Hall–Kier alpha value is -2.69. The first kappa shape index (κ1) is 23.0. The van der Waals surface area contributed by atoms with Gasteiger partial charge in [-0.15, -0.1) is 0 Å². The van der Waals surface area contributed by atoms with E-state index in [1.807, 2.05) is 0 Å². The lowest BCUT2D eigenvalue weighted by atomic mass is 10.1. The third-order valence-corrected chi connectivity index (χ3v) is 7.74. The fourth-order valence-corrected chi connectivity index (χ4v) is 5.65. The topological polar surface area (TPSA) is 97.8 Å². The summed E-state index contributed by atoms with van der Waals surface area (Å²) in [6, 6.07) is 10.1. The maximum Gasteiger partial charge on any atom is 0.243 e. The monoisotopic (exact) mass is 463 g/mol. The van der Waals surface area contributed by atoms with Crippen LogP contribution in [0.5, 0.6) is 11.5 Å². The minimum atomic E-state index is -3.56. The number of carbonyl (C=O) groups excluding carboxylic acids is 1. The van der Waals surface area contributed by atoms with Crippen molar-refractivity contribution in [3.8, 4) is 11.5 Å². The summed E-state index contributed by atoms with van der Waals surface area (Å²) in [5, 5.41) is 3.20. The van der Waals surface area contributed by atoms with Crippen molar-refractivity contribution in [2.24, 2.45) is 0 Å². The number of sulfonamides is 1. The van der Waals surface area contributed by atoms with Crippen LogP contribution in [-0.2, 0) is 21.2 Å². The SMILES string of the molecule is CCN(CC)S(=O)(=O)c1ccc2nc(NC(=O)Cc3ccc(OC)c(OC)c3)sc2c1. The number of methoxy groups -OCH3 is 2. The van der Waals surface area contributed by atoms with E-state index in [2.05, 4.69) is 10.3 Å². The molecule has 0 aliphatic carbocycles. The van der Waals surface area contributed by atoms with E-state index in [1.54, 1.807) is 57.4 Å². The summed E-state index contributed by atoms with van der Waals surface area (Å²) in [4.78, 5) is 17.1. The maximum absolute atomic E-state index is 12.7. The number of thiazole rings is 1. The number of nitrogens with one attached hydrogen (secondary N) is 1. The Labute approximate surface area is 185 Å². The highest BCUT2D eigenvalue weighted by molar-refractivity contribution is 7.89. The predicted molar refractivity (Wildman–Crippen MR) is 122 cm³/mol. The molecule has 0 aliphatic heterocycles. The van der Waals surface area contributed by atoms with E-state index in [-0.39, 0.29) is 17.2 Å². The first-order valence-corrected chi connectivity index (χ1v) is 12.0. The lowest BCUT2D eigenvalue weighted by Crippen LogP contribution is -2.30. The van der Waals surface area contributed by atoms with Crippen molar-refractivity contribution >= 4 is 42.6 Å². The van der Waals surface area contributed by atoms with Gasteiger partial charge in [-0.25, -0.2) is 13.4 Å². The van der Waals surface area contributed by atoms with Crippen molar-refractivity contribution in [1.82, 2.24) is 9.29 Å². The van der Waals surface area contributed by atoms with Gasteiger partial charge < -0.3 is 14.8 Å². The van der Waals surface area contributed by atoms with Crippen LogP contribution in [0, 0.1) is 0 Å². The number of fused-ring (bicyclic) bond motifs is 1. The van der Waals surface area contributed by atoms with Gasteiger partial charge in [0.05, 0.1) is 35.8 Å². The van der Waals surface area contributed by atoms with E-state index in [0.29, 0.717) is 39.9 Å². The molecular weight excluding hydrogens is 438 g/mol. The number of carbonyl (C=O) groups is 1. The molecule has 166 valence electrons. The number of aromatic nitrogens is 1. The number of anilines is 1.